The lowest BCUT2D eigenvalue weighted by Crippen LogP contribution is -2.36. The molecular weight excluding hydrogens is 382 g/mol. The fraction of sp³-hybridized carbons (Fsp3) is 0.158. The van der Waals surface area contributed by atoms with Crippen LogP contribution in [0.15, 0.2) is 54.7 Å². The van der Waals surface area contributed by atoms with Crippen molar-refractivity contribution >= 4 is 35.1 Å². The van der Waals surface area contributed by atoms with Gasteiger partial charge in [0.1, 0.15) is 11.4 Å². The smallest absolute Gasteiger partial charge is 0.271 e. The minimum absolute atomic E-state index is 0.107. The summed E-state index contributed by atoms with van der Waals surface area (Å²) in [5, 5.41) is 2.82. The minimum Gasteiger partial charge on any atom is -0.495 e. The largest absolute Gasteiger partial charge is 0.495 e. The second kappa shape index (κ2) is 10.7. The molecule has 0 saturated carbocycles. The van der Waals surface area contributed by atoms with Crippen molar-refractivity contribution < 1.29 is 14.3 Å². The predicted octanol–water partition coefficient (Wildman–Crippen LogP) is 2.62. The minimum atomic E-state index is -0.498. The second-order valence-electron chi connectivity index (χ2n) is 5.40. The van der Waals surface area contributed by atoms with Gasteiger partial charge in [-0.3, -0.25) is 19.9 Å². The van der Waals surface area contributed by atoms with Crippen molar-refractivity contribution in [3.63, 3.8) is 0 Å². The van der Waals surface area contributed by atoms with E-state index in [0.717, 1.165) is 0 Å². The average Bonchev–Trinajstić information content (AvgIpc) is 2.69. The van der Waals surface area contributed by atoms with Crippen LogP contribution in [0.5, 0.6) is 5.75 Å². The van der Waals surface area contributed by atoms with E-state index < -0.39 is 5.91 Å². The van der Waals surface area contributed by atoms with Crippen molar-refractivity contribution in [2.24, 2.45) is 10.7 Å². The van der Waals surface area contributed by atoms with Crippen LogP contribution in [0.4, 0.5) is 5.69 Å². The van der Waals surface area contributed by atoms with Crippen molar-refractivity contribution in [3.05, 3.63) is 66.0 Å². The Bertz CT molecular complexity index is 866. The normalized spacial score (nSPS) is 10.4. The molecule has 2 amide bonds. The van der Waals surface area contributed by atoms with Gasteiger partial charge in [-0.1, -0.05) is 11.6 Å². The lowest BCUT2D eigenvalue weighted by atomic mass is 10.2. The summed E-state index contributed by atoms with van der Waals surface area (Å²) in [6.07, 6.45) is 1.30. The van der Waals surface area contributed by atoms with E-state index in [1.54, 1.807) is 32.3 Å². The standard InChI is InChI=1S/C17H18ClN5O3.C2H4/c1-23(2)16(25)13-6-4-10(9-20-13)15(24)22-17(19)21-11-5-7-14(26-3)12(18)8-11;1-2/h4-9H,1-3H3,(H3,19,21,22,24);1-2H2. The number of hydrogen-bond donors (Lipinski definition) is 2. The highest BCUT2D eigenvalue weighted by Crippen LogP contribution is 2.28. The number of nitrogens with one attached hydrogen (secondary N) is 1. The number of hydrogen-bond acceptors (Lipinski definition) is 5. The molecular formula is C19H22ClN5O3. The molecule has 0 aliphatic heterocycles. The number of halogens is 1. The summed E-state index contributed by atoms with van der Waals surface area (Å²) in [4.78, 5) is 33.4. The van der Waals surface area contributed by atoms with Crippen molar-refractivity contribution in [1.29, 1.82) is 0 Å². The van der Waals surface area contributed by atoms with Crippen molar-refractivity contribution in [1.82, 2.24) is 15.2 Å². The maximum Gasteiger partial charge on any atom is 0.271 e. The van der Waals surface area contributed by atoms with Gasteiger partial charge in [-0.25, -0.2) is 4.99 Å². The Labute approximate surface area is 168 Å². The molecule has 2 rings (SSSR count). The first-order valence-corrected chi connectivity index (χ1v) is 8.36. The van der Waals surface area contributed by atoms with Crippen LogP contribution in [0.3, 0.4) is 0 Å². The number of pyridine rings is 1. The van der Waals surface area contributed by atoms with Gasteiger partial charge in [0.2, 0.25) is 5.96 Å². The zero-order valence-corrected chi connectivity index (χ0v) is 16.7. The molecule has 148 valence electrons. The first-order chi connectivity index (χ1) is 13.3. The molecule has 1 aromatic carbocycles. The first kappa shape index (κ1) is 22.7. The van der Waals surface area contributed by atoms with Gasteiger partial charge >= 0.3 is 0 Å². The molecule has 1 aromatic heterocycles. The number of aromatic nitrogens is 1. The Morgan fingerprint density at radius 2 is 1.93 bits per heavy atom. The maximum absolute atomic E-state index is 12.2. The molecule has 1 heterocycles. The van der Waals surface area contributed by atoms with Crippen LogP contribution in [-0.2, 0) is 0 Å². The van der Waals surface area contributed by atoms with Gasteiger partial charge < -0.3 is 15.4 Å². The van der Waals surface area contributed by atoms with Gasteiger partial charge in [0, 0.05) is 20.3 Å². The van der Waals surface area contributed by atoms with E-state index in [1.165, 1.54) is 30.3 Å². The Hall–Kier alpha value is -3.39. The molecule has 0 spiro atoms. The van der Waals surface area contributed by atoms with E-state index in [4.69, 9.17) is 22.1 Å². The third-order valence-corrected chi connectivity index (χ3v) is 3.57. The Balaban J connectivity index is 0.00000190. The van der Waals surface area contributed by atoms with Crippen LogP contribution in [0.1, 0.15) is 20.8 Å². The number of nitrogens with zero attached hydrogens (tertiary/aromatic N) is 3. The van der Waals surface area contributed by atoms with Crippen molar-refractivity contribution in [2.75, 3.05) is 21.2 Å². The van der Waals surface area contributed by atoms with Crippen LogP contribution >= 0.6 is 11.6 Å². The van der Waals surface area contributed by atoms with E-state index in [-0.39, 0.29) is 23.1 Å². The highest BCUT2D eigenvalue weighted by molar-refractivity contribution is 6.32. The summed E-state index contributed by atoms with van der Waals surface area (Å²) in [6, 6.07) is 7.79. The summed E-state index contributed by atoms with van der Waals surface area (Å²) in [5.41, 5.74) is 6.68. The number of guanidine groups is 1. The number of aliphatic imine (C=N–C) groups is 1. The molecule has 3 N–H and O–H groups in total. The van der Waals surface area contributed by atoms with Gasteiger partial charge in [0.05, 0.1) is 23.4 Å². The molecule has 0 bridgehead atoms. The summed E-state index contributed by atoms with van der Waals surface area (Å²) >= 11 is 6.02. The van der Waals surface area contributed by atoms with Crippen LogP contribution in [0, 0.1) is 0 Å². The number of amides is 2. The molecule has 2 aromatic rings. The molecule has 28 heavy (non-hydrogen) atoms. The molecule has 9 heteroatoms. The molecule has 8 nitrogen and oxygen atoms in total. The van der Waals surface area contributed by atoms with Gasteiger partial charge in [-0.2, -0.15) is 0 Å². The highest BCUT2D eigenvalue weighted by Gasteiger charge is 2.12. The Morgan fingerprint density at radius 3 is 2.43 bits per heavy atom. The third kappa shape index (κ3) is 6.10. The van der Waals surface area contributed by atoms with Crippen molar-refractivity contribution in [3.8, 4) is 5.75 Å². The summed E-state index contributed by atoms with van der Waals surface area (Å²) in [6.45, 7) is 6.00. The average molecular weight is 404 g/mol. The van der Waals surface area contributed by atoms with Crippen LogP contribution in [-0.4, -0.2) is 48.9 Å². The topological polar surface area (TPSA) is 110 Å². The summed E-state index contributed by atoms with van der Waals surface area (Å²) in [5.74, 6) is -0.354. The lowest BCUT2D eigenvalue weighted by Gasteiger charge is -2.09. The van der Waals surface area contributed by atoms with E-state index >= 15 is 0 Å². The number of benzene rings is 1. The van der Waals surface area contributed by atoms with E-state index in [1.807, 2.05) is 0 Å². The zero-order chi connectivity index (χ0) is 21.3. The van der Waals surface area contributed by atoms with E-state index in [2.05, 4.69) is 28.5 Å². The number of nitrogens with two attached hydrogens (primary N) is 1. The number of carbonyl (C=O) groups excluding carboxylic acids is 2. The highest BCUT2D eigenvalue weighted by atomic mass is 35.5. The predicted molar refractivity (Wildman–Crippen MR) is 110 cm³/mol. The third-order valence-electron chi connectivity index (χ3n) is 3.28. The van der Waals surface area contributed by atoms with Crippen LogP contribution < -0.4 is 15.8 Å². The molecule has 0 fully saturated rings. The molecule has 0 aliphatic rings. The summed E-state index contributed by atoms with van der Waals surface area (Å²) < 4.78 is 5.05. The van der Waals surface area contributed by atoms with E-state index in [9.17, 15) is 9.59 Å². The quantitative estimate of drug-likeness (QED) is 0.463. The van der Waals surface area contributed by atoms with Crippen LogP contribution in [0.2, 0.25) is 5.02 Å². The lowest BCUT2D eigenvalue weighted by molar-refractivity contribution is 0.0821. The molecule has 0 atom stereocenters. The number of methoxy groups -OCH3 is 1. The van der Waals surface area contributed by atoms with Crippen molar-refractivity contribution in [2.45, 2.75) is 0 Å². The van der Waals surface area contributed by atoms with Gasteiger partial charge in [0.25, 0.3) is 11.8 Å². The van der Waals surface area contributed by atoms with Gasteiger partial charge in [-0.05, 0) is 30.3 Å². The summed E-state index contributed by atoms with van der Waals surface area (Å²) in [7, 11) is 4.74. The molecule has 0 radical (unpaired) electrons. The molecule has 0 unspecified atom stereocenters. The maximum atomic E-state index is 12.2. The zero-order valence-electron chi connectivity index (χ0n) is 15.9. The van der Waals surface area contributed by atoms with Gasteiger partial charge in [0.15, 0.2) is 0 Å². The number of carbonyl (C=O) groups is 2. The SMILES string of the molecule is C=C.COc1ccc(N=C(N)NC(=O)c2ccc(C(=O)N(C)C)nc2)cc1Cl. The Morgan fingerprint density at radius 1 is 1.25 bits per heavy atom. The Kier molecular flexibility index (Phi) is 8.64. The van der Waals surface area contributed by atoms with E-state index in [0.29, 0.717) is 16.5 Å². The number of rotatable bonds is 4. The fourth-order valence-corrected chi connectivity index (χ4v) is 2.22. The second-order valence-corrected chi connectivity index (χ2v) is 5.81. The van der Waals surface area contributed by atoms with Crippen LogP contribution in [0.25, 0.3) is 0 Å². The fourth-order valence-electron chi connectivity index (χ4n) is 1.96. The molecule has 0 aliphatic carbocycles. The van der Waals surface area contributed by atoms with Gasteiger partial charge in [-0.15, -0.1) is 13.2 Å². The number of ether oxygens (including phenoxy) is 1. The monoisotopic (exact) mass is 403 g/mol. The molecule has 0 saturated heterocycles. The first-order valence-electron chi connectivity index (χ1n) is 7.98.